The number of H-pyrrole nitrogens is 1. The van der Waals surface area contributed by atoms with Gasteiger partial charge in [0.2, 0.25) is 16.8 Å². The second-order valence-electron chi connectivity index (χ2n) is 3.91. The smallest absolute Gasteiger partial charge is 0.243 e. The van der Waals surface area contributed by atoms with E-state index in [1.807, 2.05) is 0 Å². The molecule has 0 radical (unpaired) electrons. The number of ether oxygens (including phenoxy) is 2. The topological polar surface area (TPSA) is 93.3 Å². The standard InChI is InChI=1S/C11H11N3O4S/c15-19(16,9-5-12-13-6-9)14-4-8-2-1-3-10-11(8)18-7-17-10/h1-3,5-6,14H,4,7H2,(H,12,13). The third kappa shape index (κ3) is 2.27. The van der Waals surface area contributed by atoms with Gasteiger partial charge >= 0.3 is 0 Å². The summed E-state index contributed by atoms with van der Waals surface area (Å²) in [6.07, 6.45) is 2.56. The molecule has 1 aromatic heterocycles. The van der Waals surface area contributed by atoms with Crippen LogP contribution in [0.25, 0.3) is 0 Å². The first-order valence-electron chi connectivity index (χ1n) is 5.53. The lowest BCUT2D eigenvalue weighted by Gasteiger charge is -2.07. The highest BCUT2D eigenvalue weighted by atomic mass is 32.2. The molecule has 7 nitrogen and oxygen atoms in total. The molecule has 0 aliphatic carbocycles. The largest absolute Gasteiger partial charge is 0.454 e. The van der Waals surface area contributed by atoms with E-state index in [9.17, 15) is 8.42 Å². The molecule has 0 saturated carbocycles. The Hall–Kier alpha value is -2.06. The van der Waals surface area contributed by atoms with Crippen molar-refractivity contribution in [2.75, 3.05) is 6.79 Å². The van der Waals surface area contributed by atoms with Gasteiger partial charge in [-0.2, -0.15) is 5.10 Å². The number of para-hydroxylation sites is 1. The van der Waals surface area contributed by atoms with Gasteiger partial charge in [0.05, 0.1) is 6.20 Å². The molecule has 1 aliphatic heterocycles. The number of nitrogens with zero attached hydrogens (tertiary/aromatic N) is 1. The zero-order valence-corrected chi connectivity index (χ0v) is 10.6. The van der Waals surface area contributed by atoms with Gasteiger partial charge in [-0.15, -0.1) is 0 Å². The molecule has 0 bridgehead atoms. The molecule has 19 heavy (non-hydrogen) atoms. The first-order chi connectivity index (χ1) is 9.17. The van der Waals surface area contributed by atoms with E-state index in [4.69, 9.17) is 9.47 Å². The molecular weight excluding hydrogens is 270 g/mol. The molecule has 1 aliphatic rings. The highest BCUT2D eigenvalue weighted by Gasteiger charge is 2.20. The average molecular weight is 281 g/mol. The van der Waals surface area contributed by atoms with E-state index in [-0.39, 0.29) is 18.2 Å². The van der Waals surface area contributed by atoms with Crippen LogP contribution in [0.15, 0.2) is 35.5 Å². The molecule has 2 N–H and O–H groups in total. The molecule has 2 heterocycles. The SMILES string of the molecule is O=S(=O)(NCc1cccc2c1OCO2)c1cn[nH]c1. The van der Waals surface area contributed by atoms with Crippen molar-refractivity contribution in [3.63, 3.8) is 0 Å². The van der Waals surface area contributed by atoms with Crippen molar-refractivity contribution in [1.29, 1.82) is 0 Å². The number of hydrogen-bond donors (Lipinski definition) is 2. The monoisotopic (exact) mass is 281 g/mol. The third-order valence-corrected chi connectivity index (χ3v) is 4.08. The minimum absolute atomic E-state index is 0.0947. The number of hydrogen-bond acceptors (Lipinski definition) is 5. The molecule has 0 unspecified atom stereocenters. The van der Waals surface area contributed by atoms with Crippen LogP contribution in [0.1, 0.15) is 5.56 Å². The zero-order valence-electron chi connectivity index (χ0n) is 9.79. The Bertz CT molecular complexity index is 682. The van der Waals surface area contributed by atoms with Crippen LogP contribution < -0.4 is 14.2 Å². The van der Waals surface area contributed by atoms with Crippen LogP contribution in [-0.2, 0) is 16.6 Å². The third-order valence-electron chi connectivity index (χ3n) is 2.71. The quantitative estimate of drug-likeness (QED) is 0.856. The molecule has 0 atom stereocenters. The van der Waals surface area contributed by atoms with Gasteiger partial charge in [0, 0.05) is 18.3 Å². The highest BCUT2D eigenvalue weighted by molar-refractivity contribution is 7.89. The summed E-state index contributed by atoms with van der Waals surface area (Å²) in [4.78, 5) is 0.0947. The number of aromatic amines is 1. The first-order valence-corrected chi connectivity index (χ1v) is 7.01. The van der Waals surface area contributed by atoms with Crippen molar-refractivity contribution in [2.24, 2.45) is 0 Å². The lowest BCUT2D eigenvalue weighted by molar-refractivity contribution is 0.173. The van der Waals surface area contributed by atoms with Crippen LogP contribution in [-0.4, -0.2) is 25.4 Å². The average Bonchev–Trinajstić information content (AvgIpc) is 3.07. The number of aromatic nitrogens is 2. The van der Waals surface area contributed by atoms with Crippen molar-refractivity contribution < 1.29 is 17.9 Å². The van der Waals surface area contributed by atoms with Crippen molar-refractivity contribution in [3.8, 4) is 11.5 Å². The molecule has 8 heteroatoms. The summed E-state index contributed by atoms with van der Waals surface area (Å²) >= 11 is 0. The molecule has 100 valence electrons. The lowest BCUT2D eigenvalue weighted by atomic mass is 10.2. The van der Waals surface area contributed by atoms with Crippen molar-refractivity contribution in [2.45, 2.75) is 11.4 Å². The van der Waals surface area contributed by atoms with Crippen molar-refractivity contribution in [1.82, 2.24) is 14.9 Å². The van der Waals surface area contributed by atoms with E-state index in [1.54, 1.807) is 18.2 Å². The number of fused-ring (bicyclic) bond motifs is 1. The van der Waals surface area contributed by atoms with Crippen LogP contribution >= 0.6 is 0 Å². The van der Waals surface area contributed by atoms with Gasteiger partial charge in [-0.25, -0.2) is 13.1 Å². The molecule has 0 fully saturated rings. The Morgan fingerprint density at radius 1 is 1.37 bits per heavy atom. The molecule has 0 spiro atoms. The summed E-state index contributed by atoms with van der Waals surface area (Å²) < 4.78 is 36.9. The van der Waals surface area contributed by atoms with Crippen LogP contribution in [0.5, 0.6) is 11.5 Å². The fourth-order valence-corrected chi connectivity index (χ4v) is 2.68. The number of sulfonamides is 1. The van der Waals surface area contributed by atoms with Gasteiger partial charge < -0.3 is 9.47 Å². The Morgan fingerprint density at radius 3 is 3.05 bits per heavy atom. The van der Waals surface area contributed by atoms with E-state index >= 15 is 0 Å². The lowest BCUT2D eigenvalue weighted by Crippen LogP contribution is -2.23. The van der Waals surface area contributed by atoms with Gasteiger partial charge in [0.25, 0.3) is 0 Å². The predicted molar refractivity (Wildman–Crippen MR) is 65.2 cm³/mol. The van der Waals surface area contributed by atoms with E-state index in [1.165, 1.54) is 12.4 Å². The van der Waals surface area contributed by atoms with E-state index in [0.717, 1.165) is 5.56 Å². The fraction of sp³-hybridized carbons (Fsp3) is 0.182. The van der Waals surface area contributed by atoms with Gasteiger partial charge in [0.15, 0.2) is 11.5 Å². The second-order valence-corrected chi connectivity index (χ2v) is 5.68. The minimum Gasteiger partial charge on any atom is -0.454 e. The van der Waals surface area contributed by atoms with Crippen molar-refractivity contribution in [3.05, 3.63) is 36.2 Å². The summed E-state index contributed by atoms with van der Waals surface area (Å²) in [5.74, 6) is 1.21. The summed E-state index contributed by atoms with van der Waals surface area (Å²) in [6, 6.07) is 5.34. The first kappa shape index (κ1) is 12.0. The zero-order chi connectivity index (χ0) is 13.3. The normalized spacial score (nSPS) is 13.7. The fourth-order valence-electron chi connectivity index (χ4n) is 1.77. The summed E-state index contributed by atoms with van der Waals surface area (Å²) in [5.41, 5.74) is 0.724. The van der Waals surface area contributed by atoms with Crippen LogP contribution in [0, 0.1) is 0 Å². The van der Waals surface area contributed by atoms with Crippen LogP contribution in [0.3, 0.4) is 0 Å². The second kappa shape index (κ2) is 4.56. The summed E-state index contributed by atoms with van der Waals surface area (Å²) in [6.45, 7) is 0.279. The molecule has 2 aromatic rings. The molecule has 1 aromatic carbocycles. The number of nitrogens with one attached hydrogen (secondary N) is 2. The van der Waals surface area contributed by atoms with Crippen molar-refractivity contribution >= 4 is 10.0 Å². The van der Waals surface area contributed by atoms with Gasteiger partial charge in [0.1, 0.15) is 4.90 Å². The number of rotatable bonds is 4. The Morgan fingerprint density at radius 2 is 2.26 bits per heavy atom. The molecular formula is C11H11N3O4S. The Kier molecular flexibility index (Phi) is 2.88. The molecule has 3 rings (SSSR count). The molecule has 0 saturated heterocycles. The maximum absolute atomic E-state index is 11.9. The van der Waals surface area contributed by atoms with E-state index in [0.29, 0.717) is 11.5 Å². The summed E-state index contributed by atoms with van der Waals surface area (Å²) in [5, 5.41) is 6.07. The van der Waals surface area contributed by atoms with Crippen LogP contribution in [0.4, 0.5) is 0 Å². The minimum atomic E-state index is -3.57. The van der Waals surface area contributed by atoms with Crippen LogP contribution in [0.2, 0.25) is 0 Å². The summed E-state index contributed by atoms with van der Waals surface area (Å²) in [7, 11) is -3.57. The maximum Gasteiger partial charge on any atom is 0.243 e. The highest BCUT2D eigenvalue weighted by Crippen LogP contribution is 2.35. The Labute approximate surface area is 109 Å². The van der Waals surface area contributed by atoms with E-state index in [2.05, 4.69) is 14.9 Å². The van der Waals surface area contributed by atoms with E-state index < -0.39 is 10.0 Å². The van der Waals surface area contributed by atoms with Gasteiger partial charge in [-0.05, 0) is 6.07 Å². The molecule has 0 amide bonds. The number of benzene rings is 1. The van der Waals surface area contributed by atoms with Gasteiger partial charge in [-0.1, -0.05) is 12.1 Å². The Balaban J connectivity index is 1.79. The maximum atomic E-state index is 11.9. The van der Waals surface area contributed by atoms with Gasteiger partial charge in [-0.3, -0.25) is 5.10 Å². The predicted octanol–water partition coefficient (Wildman–Crippen LogP) is 0.617.